The van der Waals surface area contributed by atoms with Crippen LogP contribution in [0, 0.1) is 6.92 Å². The van der Waals surface area contributed by atoms with Gasteiger partial charge in [-0.1, -0.05) is 6.07 Å². The van der Waals surface area contributed by atoms with Gasteiger partial charge in [0, 0.05) is 36.8 Å². The van der Waals surface area contributed by atoms with Gasteiger partial charge in [-0.2, -0.15) is 0 Å². The number of aryl methyl sites for hydroxylation is 1. The molecule has 0 atom stereocenters. The zero-order valence-electron chi connectivity index (χ0n) is 12.1. The van der Waals surface area contributed by atoms with E-state index in [1.165, 1.54) is 4.88 Å². The van der Waals surface area contributed by atoms with Crippen LogP contribution in [0.1, 0.15) is 20.8 Å². The van der Waals surface area contributed by atoms with Crippen molar-refractivity contribution in [2.75, 3.05) is 26.0 Å². The fourth-order valence-electron chi connectivity index (χ4n) is 2.10. The number of nitrogens with one attached hydrogen (secondary N) is 1. The van der Waals surface area contributed by atoms with Crippen molar-refractivity contribution in [3.05, 3.63) is 51.7 Å². The maximum absolute atomic E-state index is 12.4. The average molecular weight is 288 g/mol. The molecule has 0 aliphatic carbocycles. The number of carbonyl (C=O) groups excluding carboxylic acids is 1. The fourth-order valence-corrected chi connectivity index (χ4v) is 2.80. The Morgan fingerprint density at radius 3 is 2.75 bits per heavy atom. The van der Waals surface area contributed by atoms with Gasteiger partial charge in [-0.15, -0.1) is 11.3 Å². The molecule has 1 N–H and O–H groups in total. The first-order valence-corrected chi connectivity index (χ1v) is 7.56. The summed E-state index contributed by atoms with van der Waals surface area (Å²) in [6.07, 6.45) is 0.910. The number of nitrogens with zero attached hydrogens (tertiary/aromatic N) is 1. The van der Waals surface area contributed by atoms with Crippen molar-refractivity contribution in [1.29, 1.82) is 0 Å². The monoisotopic (exact) mass is 288 g/mol. The van der Waals surface area contributed by atoms with Gasteiger partial charge >= 0.3 is 0 Å². The maximum Gasteiger partial charge on any atom is 0.253 e. The molecule has 0 bridgehead atoms. The molecule has 0 aliphatic heterocycles. The van der Waals surface area contributed by atoms with E-state index in [0.717, 1.165) is 29.8 Å². The molecule has 4 heteroatoms. The molecule has 0 unspecified atom stereocenters. The van der Waals surface area contributed by atoms with E-state index in [9.17, 15) is 4.79 Å². The predicted molar refractivity (Wildman–Crippen MR) is 85.7 cm³/mol. The van der Waals surface area contributed by atoms with E-state index in [4.69, 9.17) is 0 Å². The second-order valence-electron chi connectivity index (χ2n) is 4.84. The molecule has 1 heterocycles. The van der Waals surface area contributed by atoms with E-state index in [0.29, 0.717) is 0 Å². The molecule has 0 spiro atoms. The molecular formula is C16H20N2OS. The van der Waals surface area contributed by atoms with E-state index in [-0.39, 0.29) is 5.91 Å². The van der Waals surface area contributed by atoms with E-state index in [2.05, 4.69) is 16.8 Å². The summed E-state index contributed by atoms with van der Waals surface area (Å²) in [5, 5.41) is 5.15. The van der Waals surface area contributed by atoms with Gasteiger partial charge in [0.2, 0.25) is 0 Å². The molecule has 106 valence electrons. The lowest BCUT2D eigenvalue weighted by atomic mass is 10.1. The lowest BCUT2D eigenvalue weighted by Crippen LogP contribution is -2.29. The van der Waals surface area contributed by atoms with Gasteiger partial charge in [0.05, 0.1) is 0 Å². The molecular weight excluding hydrogens is 268 g/mol. The molecule has 3 nitrogen and oxygen atoms in total. The Labute approximate surface area is 124 Å². The Bertz CT molecular complexity index is 578. The van der Waals surface area contributed by atoms with Crippen molar-refractivity contribution in [1.82, 2.24) is 4.90 Å². The second-order valence-corrected chi connectivity index (χ2v) is 5.87. The van der Waals surface area contributed by atoms with Crippen molar-refractivity contribution in [3.63, 3.8) is 0 Å². The molecule has 0 saturated heterocycles. The molecule has 0 aliphatic rings. The van der Waals surface area contributed by atoms with E-state index < -0.39 is 0 Å². The quantitative estimate of drug-likeness (QED) is 0.914. The van der Waals surface area contributed by atoms with Crippen LogP contribution >= 0.6 is 11.3 Å². The Morgan fingerprint density at radius 2 is 2.15 bits per heavy atom. The highest BCUT2D eigenvalue weighted by atomic mass is 32.1. The Morgan fingerprint density at radius 1 is 1.35 bits per heavy atom. The molecule has 0 saturated carbocycles. The minimum Gasteiger partial charge on any atom is -0.388 e. The first-order chi connectivity index (χ1) is 9.61. The van der Waals surface area contributed by atoms with Crippen molar-refractivity contribution in [3.8, 4) is 0 Å². The summed E-state index contributed by atoms with van der Waals surface area (Å²) in [4.78, 5) is 15.5. The first kappa shape index (κ1) is 14.6. The highest BCUT2D eigenvalue weighted by Gasteiger charge is 2.14. The molecule has 0 fully saturated rings. The first-order valence-electron chi connectivity index (χ1n) is 6.68. The molecule has 2 aromatic rings. The SMILES string of the molecule is CNc1ccc(C(=O)N(C)CCc2cccs2)c(C)c1. The summed E-state index contributed by atoms with van der Waals surface area (Å²) in [7, 11) is 3.74. The van der Waals surface area contributed by atoms with Crippen molar-refractivity contribution >= 4 is 22.9 Å². The molecule has 2 rings (SSSR count). The summed E-state index contributed by atoms with van der Waals surface area (Å²) in [6.45, 7) is 2.72. The topological polar surface area (TPSA) is 32.3 Å². The van der Waals surface area contributed by atoms with Crippen LogP contribution in [-0.2, 0) is 6.42 Å². The summed E-state index contributed by atoms with van der Waals surface area (Å²) in [5.74, 6) is 0.0849. The lowest BCUT2D eigenvalue weighted by Gasteiger charge is -2.18. The third-order valence-corrected chi connectivity index (χ3v) is 4.30. The number of likely N-dealkylation sites (N-methyl/N-ethyl adjacent to an activating group) is 1. The van der Waals surface area contributed by atoms with Crippen LogP contribution in [0.3, 0.4) is 0 Å². The summed E-state index contributed by atoms with van der Waals surface area (Å²) in [5.41, 5.74) is 2.81. The number of carbonyl (C=O) groups is 1. The molecule has 20 heavy (non-hydrogen) atoms. The van der Waals surface area contributed by atoms with Crippen LogP contribution in [0.25, 0.3) is 0 Å². The van der Waals surface area contributed by atoms with E-state index in [1.54, 1.807) is 16.2 Å². The van der Waals surface area contributed by atoms with E-state index >= 15 is 0 Å². The number of hydrogen-bond acceptors (Lipinski definition) is 3. The molecule has 1 aromatic heterocycles. The normalized spacial score (nSPS) is 10.3. The number of thiophene rings is 1. The highest BCUT2D eigenvalue weighted by Crippen LogP contribution is 2.17. The molecule has 1 aromatic carbocycles. The number of hydrogen-bond donors (Lipinski definition) is 1. The van der Waals surface area contributed by atoms with E-state index in [1.807, 2.05) is 45.3 Å². The largest absolute Gasteiger partial charge is 0.388 e. The minimum atomic E-state index is 0.0849. The zero-order chi connectivity index (χ0) is 14.5. The van der Waals surface area contributed by atoms with Crippen LogP contribution in [0.15, 0.2) is 35.7 Å². The Kier molecular flexibility index (Phi) is 4.79. The highest BCUT2D eigenvalue weighted by molar-refractivity contribution is 7.09. The third kappa shape index (κ3) is 3.39. The average Bonchev–Trinajstić information content (AvgIpc) is 2.97. The van der Waals surface area contributed by atoms with Gasteiger partial charge in [-0.05, 0) is 48.6 Å². The van der Waals surface area contributed by atoms with Crippen LogP contribution in [0.4, 0.5) is 5.69 Å². The van der Waals surface area contributed by atoms with Gasteiger partial charge in [0.15, 0.2) is 0 Å². The number of rotatable bonds is 5. The molecule has 1 amide bonds. The van der Waals surface area contributed by atoms with Gasteiger partial charge < -0.3 is 10.2 Å². The van der Waals surface area contributed by atoms with Crippen LogP contribution in [0.2, 0.25) is 0 Å². The van der Waals surface area contributed by atoms with Gasteiger partial charge in [0.1, 0.15) is 0 Å². The summed E-state index contributed by atoms with van der Waals surface area (Å²) < 4.78 is 0. The third-order valence-electron chi connectivity index (χ3n) is 3.37. The lowest BCUT2D eigenvalue weighted by molar-refractivity contribution is 0.0796. The Hall–Kier alpha value is -1.81. The standard InChI is InChI=1S/C16H20N2OS/c1-12-11-13(17-2)6-7-15(12)16(19)18(3)9-8-14-5-4-10-20-14/h4-7,10-11,17H,8-9H2,1-3H3. The zero-order valence-corrected chi connectivity index (χ0v) is 13.0. The van der Waals surface area contributed by atoms with Crippen LogP contribution in [-0.4, -0.2) is 31.4 Å². The summed E-state index contributed by atoms with van der Waals surface area (Å²) in [6, 6.07) is 9.98. The van der Waals surface area contributed by atoms with Crippen LogP contribution < -0.4 is 5.32 Å². The van der Waals surface area contributed by atoms with Crippen LogP contribution in [0.5, 0.6) is 0 Å². The number of benzene rings is 1. The van der Waals surface area contributed by atoms with Gasteiger partial charge in [-0.3, -0.25) is 4.79 Å². The van der Waals surface area contributed by atoms with Gasteiger partial charge in [-0.25, -0.2) is 0 Å². The number of amides is 1. The Balaban J connectivity index is 2.02. The minimum absolute atomic E-state index is 0.0849. The van der Waals surface area contributed by atoms with Crippen molar-refractivity contribution < 1.29 is 4.79 Å². The van der Waals surface area contributed by atoms with Crippen molar-refractivity contribution in [2.45, 2.75) is 13.3 Å². The fraction of sp³-hybridized carbons (Fsp3) is 0.312. The maximum atomic E-state index is 12.4. The second kappa shape index (κ2) is 6.57. The number of anilines is 1. The predicted octanol–water partition coefficient (Wildman–Crippen LogP) is 3.41. The van der Waals surface area contributed by atoms with Crippen molar-refractivity contribution in [2.24, 2.45) is 0 Å². The van der Waals surface area contributed by atoms with Gasteiger partial charge in [0.25, 0.3) is 5.91 Å². The smallest absolute Gasteiger partial charge is 0.253 e. The molecule has 0 radical (unpaired) electrons. The summed E-state index contributed by atoms with van der Waals surface area (Å²) >= 11 is 1.73.